The highest BCUT2D eigenvalue weighted by Gasteiger charge is 2.38. The molecule has 1 heterocycles. The van der Waals surface area contributed by atoms with Crippen LogP contribution in [0.1, 0.15) is 46.0 Å². The zero-order valence-electron chi connectivity index (χ0n) is 11.4. The van der Waals surface area contributed by atoms with Crippen molar-refractivity contribution in [2.75, 3.05) is 13.2 Å². The van der Waals surface area contributed by atoms with Gasteiger partial charge in [-0.25, -0.2) is 0 Å². The van der Waals surface area contributed by atoms with E-state index in [-0.39, 0.29) is 30.1 Å². The molecule has 4 heteroatoms. The minimum absolute atomic E-state index is 0.0391. The number of nitrogens with one attached hydrogen (secondary N) is 1. The van der Waals surface area contributed by atoms with Crippen molar-refractivity contribution in [3.63, 3.8) is 0 Å². The van der Waals surface area contributed by atoms with Gasteiger partial charge in [-0.15, -0.1) is 0 Å². The maximum Gasteiger partial charge on any atom is 0.226 e. The summed E-state index contributed by atoms with van der Waals surface area (Å²) in [6, 6.07) is 0. The smallest absolute Gasteiger partial charge is 0.226 e. The monoisotopic (exact) mass is 255 g/mol. The largest absolute Gasteiger partial charge is 0.394 e. The third-order valence-corrected chi connectivity index (χ3v) is 4.49. The van der Waals surface area contributed by atoms with Crippen molar-refractivity contribution in [1.82, 2.24) is 5.32 Å². The summed E-state index contributed by atoms with van der Waals surface area (Å²) in [5.41, 5.74) is -0.380. The molecular weight excluding hydrogens is 230 g/mol. The van der Waals surface area contributed by atoms with Crippen LogP contribution in [-0.2, 0) is 9.53 Å². The van der Waals surface area contributed by atoms with Gasteiger partial charge in [0.15, 0.2) is 0 Å². The van der Waals surface area contributed by atoms with Crippen molar-refractivity contribution < 1.29 is 14.6 Å². The SMILES string of the molecule is CC1CCC(CO)(NC(=O)C2COC(C)C2)CC1. The predicted molar refractivity (Wildman–Crippen MR) is 69.1 cm³/mol. The van der Waals surface area contributed by atoms with Crippen LogP contribution in [0.3, 0.4) is 0 Å². The van der Waals surface area contributed by atoms with Crippen molar-refractivity contribution in [3.8, 4) is 0 Å². The second kappa shape index (κ2) is 5.57. The lowest BCUT2D eigenvalue weighted by molar-refractivity contribution is -0.128. The van der Waals surface area contributed by atoms with Crippen LogP contribution in [0.5, 0.6) is 0 Å². The lowest BCUT2D eigenvalue weighted by Crippen LogP contribution is -2.54. The Bertz CT molecular complexity index is 297. The summed E-state index contributed by atoms with van der Waals surface area (Å²) < 4.78 is 5.44. The molecule has 0 bridgehead atoms. The molecule has 1 aliphatic carbocycles. The van der Waals surface area contributed by atoms with Gasteiger partial charge in [-0.3, -0.25) is 4.79 Å². The molecule has 2 aliphatic rings. The van der Waals surface area contributed by atoms with E-state index in [9.17, 15) is 9.90 Å². The average Bonchev–Trinajstić information content (AvgIpc) is 2.79. The van der Waals surface area contributed by atoms with E-state index in [1.807, 2.05) is 6.92 Å². The summed E-state index contributed by atoms with van der Waals surface area (Å²) in [6.45, 7) is 4.80. The molecule has 18 heavy (non-hydrogen) atoms. The van der Waals surface area contributed by atoms with Crippen LogP contribution >= 0.6 is 0 Å². The van der Waals surface area contributed by atoms with Gasteiger partial charge < -0.3 is 15.2 Å². The predicted octanol–water partition coefficient (Wildman–Crippen LogP) is 1.47. The van der Waals surface area contributed by atoms with Gasteiger partial charge in [0.05, 0.1) is 30.8 Å². The Balaban J connectivity index is 1.91. The highest BCUT2D eigenvalue weighted by Crippen LogP contribution is 2.32. The third kappa shape index (κ3) is 3.04. The molecule has 1 saturated carbocycles. The van der Waals surface area contributed by atoms with Crippen LogP contribution in [-0.4, -0.2) is 35.9 Å². The molecule has 1 aliphatic heterocycles. The summed E-state index contributed by atoms with van der Waals surface area (Å²) in [7, 11) is 0. The fraction of sp³-hybridized carbons (Fsp3) is 0.929. The maximum absolute atomic E-state index is 12.2. The standard InChI is InChI=1S/C14H25NO3/c1-10-3-5-14(9-16,6-4-10)15-13(17)12-7-11(2)18-8-12/h10-12,16H,3-9H2,1-2H3,(H,15,17). The molecule has 0 aromatic carbocycles. The van der Waals surface area contributed by atoms with Crippen molar-refractivity contribution in [2.45, 2.75) is 57.6 Å². The van der Waals surface area contributed by atoms with Gasteiger partial charge in [0, 0.05) is 0 Å². The van der Waals surface area contributed by atoms with E-state index in [0.717, 1.165) is 32.1 Å². The number of rotatable bonds is 3. The first-order chi connectivity index (χ1) is 8.54. The Morgan fingerprint density at radius 1 is 1.39 bits per heavy atom. The van der Waals surface area contributed by atoms with Gasteiger partial charge in [-0.05, 0) is 44.9 Å². The Kier molecular flexibility index (Phi) is 4.28. The molecule has 2 atom stereocenters. The molecule has 4 nitrogen and oxygen atoms in total. The van der Waals surface area contributed by atoms with Crippen molar-refractivity contribution in [3.05, 3.63) is 0 Å². The zero-order chi connectivity index (χ0) is 13.2. The van der Waals surface area contributed by atoms with Crippen LogP contribution in [0.2, 0.25) is 0 Å². The minimum Gasteiger partial charge on any atom is -0.394 e. The van der Waals surface area contributed by atoms with E-state index < -0.39 is 0 Å². The normalized spacial score (nSPS) is 40.7. The number of amides is 1. The van der Waals surface area contributed by atoms with E-state index in [2.05, 4.69) is 12.2 Å². The molecule has 2 unspecified atom stereocenters. The summed E-state index contributed by atoms with van der Waals surface area (Å²) in [4.78, 5) is 12.2. The summed E-state index contributed by atoms with van der Waals surface area (Å²) in [5, 5.41) is 12.7. The average molecular weight is 255 g/mol. The van der Waals surface area contributed by atoms with Crippen LogP contribution in [0.25, 0.3) is 0 Å². The molecule has 2 N–H and O–H groups in total. The molecule has 0 aromatic rings. The quantitative estimate of drug-likeness (QED) is 0.803. The second-order valence-corrected chi connectivity index (χ2v) is 6.19. The van der Waals surface area contributed by atoms with Crippen LogP contribution < -0.4 is 5.32 Å². The number of ether oxygens (including phenoxy) is 1. The molecule has 1 amide bonds. The number of aliphatic hydroxyl groups excluding tert-OH is 1. The summed E-state index contributed by atoms with van der Waals surface area (Å²) in [5.74, 6) is 0.724. The molecule has 2 fully saturated rings. The zero-order valence-corrected chi connectivity index (χ0v) is 11.4. The Hall–Kier alpha value is -0.610. The van der Waals surface area contributed by atoms with Gasteiger partial charge in [-0.1, -0.05) is 6.92 Å². The van der Waals surface area contributed by atoms with Gasteiger partial charge in [0.1, 0.15) is 0 Å². The van der Waals surface area contributed by atoms with Crippen molar-refractivity contribution in [1.29, 1.82) is 0 Å². The fourth-order valence-electron chi connectivity index (χ4n) is 3.00. The van der Waals surface area contributed by atoms with Gasteiger partial charge in [-0.2, -0.15) is 0 Å². The number of carbonyl (C=O) groups is 1. The van der Waals surface area contributed by atoms with E-state index >= 15 is 0 Å². The molecule has 104 valence electrons. The summed E-state index contributed by atoms with van der Waals surface area (Å²) >= 11 is 0. The van der Waals surface area contributed by atoms with E-state index in [1.54, 1.807) is 0 Å². The van der Waals surface area contributed by atoms with Gasteiger partial charge >= 0.3 is 0 Å². The number of aliphatic hydroxyl groups is 1. The third-order valence-electron chi connectivity index (χ3n) is 4.49. The van der Waals surface area contributed by atoms with E-state index in [4.69, 9.17) is 4.74 Å². The Morgan fingerprint density at radius 3 is 2.56 bits per heavy atom. The molecule has 1 saturated heterocycles. The van der Waals surface area contributed by atoms with Crippen LogP contribution in [0.4, 0.5) is 0 Å². The van der Waals surface area contributed by atoms with Crippen molar-refractivity contribution >= 4 is 5.91 Å². The Morgan fingerprint density at radius 2 is 2.06 bits per heavy atom. The first kappa shape index (κ1) is 13.8. The van der Waals surface area contributed by atoms with Crippen molar-refractivity contribution in [2.24, 2.45) is 11.8 Å². The lowest BCUT2D eigenvalue weighted by atomic mass is 9.77. The highest BCUT2D eigenvalue weighted by molar-refractivity contribution is 5.80. The van der Waals surface area contributed by atoms with Gasteiger partial charge in [0.25, 0.3) is 0 Å². The van der Waals surface area contributed by atoms with Crippen LogP contribution in [0, 0.1) is 11.8 Å². The number of carbonyl (C=O) groups excluding carboxylic acids is 1. The van der Waals surface area contributed by atoms with E-state index in [0.29, 0.717) is 12.5 Å². The minimum atomic E-state index is -0.380. The molecular formula is C14H25NO3. The number of hydrogen-bond donors (Lipinski definition) is 2. The first-order valence-corrected chi connectivity index (χ1v) is 7.09. The molecule has 0 radical (unpaired) electrons. The number of hydrogen-bond acceptors (Lipinski definition) is 3. The highest BCUT2D eigenvalue weighted by atomic mass is 16.5. The molecule has 2 rings (SSSR count). The Labute approximate surface area is 109 Å². The first-order valence-electron chi connectivity index (χ1n) is 7.09. The van der Waals surface area contributed by atoms with Crippen LogP contribution in [0.15, 0.2) is 0 Å². The maximum atomic E-state index is 12.2. The topological polar surface area (TPSA) is 58.6 Å². The lowest BCUT2D eigenvalue weighted by Gasteiger charge is -2.39. The molecule has 0 aromatic heterocycles. The second-order valence-electron chi connectivity index (χ2n) is 6.19. The molecule has 0 spiro atoms. The fourth-order valence-corrected chi connectivity index (χ4v) is 3.00. The summed E-state index contributed by atoms with van der Waals surface area (Å²) in [6.07, 6.45) is 4.91. The van der Waals surface area contributed by atoms with E-state index in [1.165, 1.54) is 0 Å². The van der Waals surface area contributed by atoms with Gasteiger partial charge in [0.2, 0.25) is 5.91 Å².